The number of carbonyl (C=O) groups is 2. The molecular weight excluding hydrogens is 300 g/mol. The molecule has 1 amide bonds. The first kappa shape index (κ1) is 15.8. The molecule has 0 saturated carbocycles. The average molecular weight is 315 g/mol. The van der Waals surface area contributed by atoms with E-state index in [1.807, 2.05) is 0 Å². The Hall–Kier alpha value is -1.63. The summed E-state index contributed by atoms with van der Waals surface area (Å²) in [5.41, 5.74) is 0.321. The Kier molecular flexibility index (Phi) is 5.17. The summed E-state index contributed by atoms with van der Waals surface area (Å²) in [4.78, 5) is 25.3. The molecule has 1 N–H and O–H groups in total. The lowest BCUT2D eigenvalue weighted by Gasteiger charge is -2.33. The summed E-state index contributed by atoms with van der Waals surface area (Å²) in [7, 11) is 0. The van der Waals surface area contributed by atoms with E-state index in [1.54, 1.807) is 0 Å². The van der Waals surface area contributed by atoms with Crippen molar-refractivity contribution in [3.05, 3.63) is 29.8 Å². The number of carbonyl (C=O) groups excluding carboxylic acids is 1. The van der Waals surface area contributed by atoms with E-state index in [-0.39, 0.29) is 5.91 Å². The first-order chi connectivity index (χ1) is 9.99. The Morgan fingerprint density at radius 2 is 1.90 bits per heavy atom. The van der Waals surface area contributed by atoms with Crippen LogP contribution in [0.25, 0.3) is 0 Å². The Bertz CT molecular complexity index is 521. The summed E-state index contributed by atoms with van der Waals surface area (Å²) in [6.45, 7) is 0.406. The number of carboxylic acids is 1. The van der Waals surface area contributed by atoms with Gasteiger partial charge in [0.1, 0.15) is 6.04 Å². The van der Waals surface area contributed by atoms with Gasteiger partial charge in [0.05, 0.1) is 0 Å². The number of hydrogen-bond acceptors (Lipinski definition) is 3. The highest BCUT2D eigenvalue weighted by molar-refractivity contribution is 7.99. The van der Waals surface area contributed by atoms with Crippen molar-refractivity contribution in [2.24, 2.45) is 0 Å². The molecular formula is C14H15F2NO3S. The van der Waals surface area contributed by atoms with Crippen molar-refractivity contribution < 1.29 is 23.5 Å². The minimum Gasteiger partial charge on any atom is -0.480 e. The molecule has 0 bridgehead atoms. The third-order valence-corrected chi connectivity index (χ3v) is 4.10. The summed E-state index contributed by atoms with van der Waals surface area (Å²) in [5.74, 6) is -3.88. The number of amides is 1. The highest BCUT2D eigenvalue weighted by Gasteiger charge is 2.32. The monoisotopic (exact) mass is 315 g/mol. The second-order valence-electron chi connectivity index (χ2n) is 4.75. The molecule has 1 aliphatic heterocycles. The van der Waals surface area contributed by atoms with Gasteiger partial charge in [-0.25, -0.2) is 4.79 Å². The zero-order chi connectivity index (χ0) is 15.4. The number of alkyl halides is 2. The second kappa shape index (κ2) is 6.89. The largest absolute Gasteiger partial charge is 0.480 e. The molecule has 4 nitrogen and oxygen atoms in total. The fraction of sp³-hybridized carbons (Fsp3) is 0.429. The number of piperidine rings is 1. The SMILES string of the molecule is O=C(O)C1CCCCN1C(=O)c1ccc(SC(F)F)cc1. The Morgan fingerprint density at radius 1 is 1.24 bits per heavy atom. The van der Waals surface area contributed by atoms with Gasteiger partial charge >= 0.3 is 5.97 Å². The van der Waals surface area contributed by atoms with Gasteiger partial charge in [0.25, 0.3) is 11.7 Å². The van der Waals surface area contributed by atoms with Crippen LogP contribution in [-0.2, 0) is 4.79 Å². The van der Waals surface area contributed by atoms with Gasteiger partial charge in [-0.2, -0.15) is 8.78 Å². The van der Waals surface area contributed by atoms with E-state index < -0.39 is 17.8 Å². The summed E-state index contributed by atoms with van der Waals surface area (Å²) < 4.78 is 24.5. The van der Waals surface area contributed by atoms with Crippen LogP contribution in [0.2, 0.25) is 0 Å². The van der Waals surface area contributed by atoms with E-state index in [0.29, 0.717) is 35.2 Å². The van der Waals surface area contributed by atoms with Crippen LogP contribution in [0.1, 0.15) is 29.6 Å². The summed E-state index contributed by atoms with van der Waals surface area (Å²) in [6, 6.07) is 5.01. The second-order valence-corrected chi connectivity index (χ2v) is 5.81. The van der Waals surface area contributed by atoms with Gasteiger partial charge < -0.3 is 10.0 Å². The third-order valence-electron chi connectivity index (χ3n) is 3.38. The maximum Gasteiger partial charge on any atom is 0.326 e. The van der Waals surface area contributed by atoms with Crippen LogP contribution in [-0.4, -0.2) is 40.2 Å². The molecule has 0 aliphatic carbocycles. The van der Waals surface area contributed by atoms with E-state index in [4.69, 9.17) is 5.11 Å². The lowest BCUT2D eigenvalue weighted by Crippen LogP contribution is -2.47. The topological polar surface area (TPSA) is 57.6 Å². The van der Waals surface area contributed by atoms with Crippen molar-refractivity contribution in [2.75, 3.05) is 6.54 Å². The predicted octanol–water partition coefficient (Wildman–Crippen LogP) is 3.08. The maximum absolute atomic E-state index is 12.4. The van der Waals surface area contributed by atoms with E-state index in [0.717, 1.165) is 12.8 Å². The molecule has 7 heteroatoms. The Morgan fingerprint density at radius 3 is 2.48 bits per heavy atom. The number of benzene rings is 1. The smallest absolute Gasteiger partial charge is 0.326 e. The first-order valence-electron chi connectivity index (χ1n) is 6.57. The highest BCUT2D eigenvalue weighted by Crippen LogP contribution is 2.26. The maximum atomic E-state index is 12.4. The fourth-order valence-electron chi connectivity index (χ4n) is 2.38. The van der Waals surface area contributed by atoms with E-state index in [9.17, 15) is 18.4 Å². The minimum atomic E-state index is -2.51. The van der Waals surface area contributed by atoms with Gasteiger partial charge in [-0.05, 0) is 43.5 Å². The number of nitrogens with zero attached hydrogens (tertiary/aromatic N) is 1. The number of hydrogen-bond donors (Lipinski definition) is 1. The number of halogens is 2. The van der Waals surface area contributed by atoms with Crippen LogP contribution >= 0.6 is 11.8 Å². The van der Waals surface area contributed by atoms with E-state index in [1.165, 1.54) is 29.2 Å². The van der Waals surface area contributed by atoms with E-state index >= 15 is 0 Å². The van der Waals surface area contributed by atoms with Crippen LogP contribution in [0.5, 0.6) is 0 Å². The van der Waals surface area contributed by atoms with Crippen molar-refractivity contribution >= 4 is 23.6 Å². The Labute approximate surface area is 125 Å². The zero-order valence-corrected chi connectivity index (χ0v) is 12.0. The normalized spacial score (nSPS) is 18.8. The van der Waals surface area contributed by atoms with Crippen molar-refractivity contribution in [3.63, 3.8) is 0 Å². The van der Waals surface area contributed by atoms with Crippen molar-refractivity contribution in [1.29, 1.82) is 0 Å². The standard InChI is InChI=1S/C14H15F2NO3S/c15-14(16)21-10-6-4-9(5-7-10)12(18)17-8-2-1-3-11(17)13(19)20/h4-7,11,14H,1-3,8H2,(H,19,20). The van der Waals surface area contributed by atoms with Gasteiger partial charge in [0.2, 0.25) is 0 Å². The molecule has 21 heavy (non-hydrogen) atoms. The van der Waals surface area contributed by atoms with Crippen LogP contribution in [0.3, 0.4) is 0 Å². The van der Waals surface area contributed by atoms with Gasteiger partial charge in [-0.15, -0.1) is 0 Å². The lowest BCUT2D eigenvalue weighted by molar-refractivity contribution is -0.143. The predicted molar refractivity (Wildman–Crippen MR) is 74.6 cm³/mol. The summed E-state index contributed by atoms with van der Waals surface area (Å²) >= 11 is 0.408. The molecule has 1 saturated heterocycles. The molecule has 0 radical (unpaired) electrons. The van der Waals surface area contributed by atoms with Crippen LogP contribution in [0.15, 0.2) is 29.2 Å². The number of likely N-dealkylation sites (tertiary alicyclic amines) is 1. The first-order valence-corrected chi connectivity index (χ1v) is 7.45. The quantitative estimate of drug-likeness (QED) is 0.868. The van der Waals surface area contributed by atoms with Gasteiger partial charge in [-0.3, -0.25) is 4.79 Å². The van der Waals surface area contributed by atoms with Crippen LogP contribution < -0.4 is 0 Å². The molecule has 0 aromatic heterocycles. The van der Waals surface area contributed by atoms with Gasteiger partial charge in [-0.1, -0.05) is 11.8 Å². The summed E-state index contributed by atoms with van der Waals surface area (Å²) in [5, 5.41) is 9.17. The fourth-order valence-corrected chi connectivity index (χ4v) is 2.88. The number of aliphatic carboxylic acids is 1. The van der Waals surface area contributed by atoms with Crippen molar-refractivity contribution in [1.82, 2.24) is 4.90 Å². The number of carboxylic acid groups (broad SMARTS) is 1. The number of rotatable bonds is 4. The zero-order valence-electron chi connectivity index (χ0n) is 11.2. The molecule has 1 fully saturated rings. The van der Waals surface area contributed by atoms with E-state index in [2.05, 4.69) is 0 Å². The molecule has 114 valence electrons. The number of thioether (sulfide) groups is 1. The molecule has 1 aliphatic rings. The molecule has 1 heterocycles. The van der Waals surface area contributed by atoms with Crippen molar-refractivity contribution in [3.8, 4) is 0 Å². The molecule has 1 aromatic rings. The molecule has 2 rings (SSSR count). The minimum absolute atomic E-state index is 0.321. The Balaban J connectivity index is 2.12. The molecule has 1 unspecified atom stereocenters. The van der Waals surface area contributed by atoms with Gasteiger partial charge in [0, 0.05) is 17.0 Å². The third kappa shape index (κ3) is 3.93. The lowest BCUT2D eigenvalue weighted by atomic mass is 10.0. The highest BCUT2D eigenvalue weighted by atomic mass is 32.2. The van der Waals surface area contributed by atoms with Crippen LogP contribution in [0, 0.1) is 0 Å². The molecule has 1 atom stereocenters. The molecule has 0 spiro atoms. The van der Waals surface area contributed by atoms with Crippen molar-refractivity contribution in [2.45, 2.75) is 36.0 Å². The average Bonchev–Trinajstić information content (AvgIpc) is 2.46. The summed E-state index contributed by atoms with van der Waals surface area (Å²) in [6.07, 6.45) is 2.00. The van der Waals surface area contributed by atoms with Crippen LogP contribution in [0.4, 0.5) is 8.78 Å². The molecule has 1 aromatic carbocycles. The van der Waals surface area contributed by atoms with Gasteiger partial charge in [0.15, 0.2) is 0 Å².